The van der Waals surface area contributed by atoms with Crippen molar-refractivity contribution in [2.45, 2.75) is 31.3 Å². The number of carbonyl (C=O) groups is 2. The number of amides is 2. The molecule has 1 aliphatic rings. The van der Waals surface area contributed by atoms with E-state index in [2.05, 4.69) is 15.6 Å². The number of phenolic OH excluding ortho intramolecular Hbond substituents is 2. The van der Waals surface area contributed by atoms with Gasteiger partial charge in [-0.05, 0) is 83.6 Å². The Labute approximate surface area is 236 Å². The van der Waals surface area contributed by atoms with Gasteiger partial charge in [-0.15, -0.1) is 0 Å². The van der Waals surface area contributed by atoms with Gasteiger partial charge >= 0.3 is 0 Å². The number of nitrogens with two attached hydrogens (primary N) is 1. The molecule has 0 bridgehead atoms. The maximum Gasteiger partial charge on any atom is 0.242 e. The van der Waals surface area contributed by atoms with E-state index in [1.54, 1.807) is 42.6 Å². The quantitative estimate of drug-likeness (QED) is 0.200. The van der Waals surface area contributed by atoms with Crippen LogP contribution in [0.15, 0.2) is 85.1 Å². The summed E-state index contributed by atoms with van der Waals surface area (Å²) in [5, 5.41) is 25.4. The summed E-state index contributed by atoms with van der Waals surface area (Å²) >= 11 is 0. The molecule has 1 atom stereocenters. The van der Waals surface area contributed by atoms with Crippen molar-refractivity contribution in [3.8, 4) is 23.0 Å². The fourth-order valence-corrected chi connectivity index (χ4v) is 4.68. The molecule has 10 nitrogen and oxygen atoms in total. The van der Waals surface area contributed by atoms with Crippen molar-refractivity contribution in [1.82, 2.24) is 15.6 Å². The van der Waals surface area contributed by atoms with E-state index in [9.17, 15) is 19.8 Å². The molecule has 0 aliphatic carbocycles. The number of carbonyl (C=O) groups excluding carboxylic acids is 2. The van der Waals surface area contributed by atoms with Crippen molar-refractivity contribution < 1.29 is 29.3 Å². The minimum absolute atomic E-state index is 0.0657. The van der Waals surface area contributed by atoms with Crippen molar-refractivity contribution in [2.24, 2.45) is 0 Å². The molecule has 41 heavy (non-hydrogen) atoms. The molecule has 1 aliphatic heterocycles. The fourth-order valence-electron chi connectivity index (χ4n) is 4.68. The number of aromatic nitrogens is 1. The molecule has 0 radical (unpaired) electrons. The zero-order valence-corrected chi connectivity index (χ0v) is 22.1. The van der Waals surface area contributed by atoms with Crippen molar-refractivity contribution in [3.05, 3.63) is 107 Å². The number of nitrogens with one attached hydrogen (secondary N) is 2. The highest BCUT2D eigenvalue weighted by molar-refractivity contribution is 5.92. The van der Waals surface area contributed by atoms with E-state index in [4.69, 9.17) is 15.2 Å². The normalized spacial score (nSPS) is 12.6. The zero-order chi connectivity index (χ0) is 28.8. The third-order valence-electron chi connectivity index (χ3n) is 6.82. The molecule has 0 spiro atoms. The van der Waals surface area contributed by atoms with Crippen LogP contribution < -0.4 is 25.8 Å². The second kappa shape index (κ2) is 12.3. The van der Waals surface area contributed by atoms with Crippen LogP contribution in [0, 0.1) is 0 Å². The minimum Gasteiger partial charge on any atom is -0.508 e. The van der Waals surface area contributed by atoms with E-state index in [0.29, 0.717) is 41.3 Å². The van der Waals surface area contributed by atoms with Crippen LogP contribution in [0.1, 0.15) is 34.6 Å². The first-order chi connectivity index (χ1) is 19.9. The number of rotatable bonds is 10. The lowest BCUT2D eigenvalue weighted by Crippen LogP contribution is -2.48. The first kappa shape index (κ1) is 27.3. The summed E-state index contributed by atoms with van der Waals surface area (Å²) in [5.41, 5.74) is 8.77. The van der Waals surface area contributed by atoms with Gasteiger partial charge in [0.05, 0.1) is 5.92 Å². The number of hydrogen-bond donors (Lipinski definition) is 5. The first-order valence-corrected chi connectivity index (χ1v) is 13.1. The van der Waals surface area contributed by atoms with E-state index in [0.717, 1.165) is 11.1 Å². The van der Waals surface area contributed by atoms with Gasteiger partial charge in [-0.3, -0.25) is 9.59 Å². The highest BCUT2D eigenvalue weighted by Crippen LogP contribution is 2.32. The standard InChI is InChI=1S/C31H30N4O6/c32-28-16-19(13-14-33-28)1-11-25(30(38)34-17-20-2-12-26-27(15-20)41-18-40-26)35-31(39)29(21-3-7-23(36)8-4-21)22-5-9-24(37)10-6-22/h2-10,12-16,25,29,36-37H,1,11,17-18H2,(H2,32,33)(H,34,38)(H,35,39). The van der Waals surface area contributed by atoms with Crippen LogP contribution in [0.2, 0.25) is 0 Å². The molecule has 0 saturated heterocycles. The van der Waals surface area contributed by atoms with Gasteiger partial charge in [-0.2, -0.15) is 0 Å². The molecule has 1 unspecified atom stereocenters. The molecular weight excluding hydrogens is 524 g/mol. The molecule has 6 N–H and O–H groups in total. The van der Waals surface area contributed by atoms with Crippen LogP contribution >= 0.6 is 0 Å². The van der Waals surface area contributed by atoms with Crippen LogP contribution in [0.3, 0.4) is 0 Å². The number of nitrogen functional groups attached to an aromatic ring is 1. The summed E-state index contributed by atoms with van der Waals surface area (Å²) in [6, 6.07) is 20.7. The molecule has 2 heterocycles. The first-order valence-electron chi connectivity index (χ1n) is 13.1. The number of anilines is 1. The number of ether oxygens (including phenoxy) is 2. The predicted molar refractivity (Wildman–Crippen MR) is 151 cm³/mol. The summed E-state index contributed by atoms with van der Waals surface area (Å²) in [5.74, 6) is 0.213. The van der Waals surface area contributed by atoms with E-state index in [-0.39, 0.29) is 30.7 Å². The maximum absolute atomic E-state index is 13.8. The molecular formula is C31H30N4O6. The Balaban J connectivity index is 1.36. The van der Waals surface area contributed by atoms with Gasteiger partial charge in [0.2, 0.25) is 18.6 Å². The van der Waals surface area contributed by atoms with Gasteiger partial charge in [-0.1, -0.05) is 30.3 Å². The van der Waals surface area contributed by atoms with Gasteiger partial charge in [-0.25, -0.2) is 4.98 Å². The molecule has 1 aromatic heterocycles. The fraction of sp³-hybridized carbons (Fsp3) is 0.194. The number of nitrogens with zero attached hydrogens (tertiary/aromatic N) is 1. The molecule has 210 valence electrons. The molecule has 4 aromatic rings. The van der Waals surface area contributed by atoms with Gasteiger partial charge in [0.25, 0.3) is 0 Å². The Hall–Kier alpha value is -5.25. The second-order valence-corrected chi connectivity index (χ2v) is 9.71. The number of benzene rings is 3. The smallest absolute Gasteiger partial charge is 0.242 e. The molecule has 0 fully saturated rings. The number of aryl methyl sites for hydroxylation is 1. The summed E-state index contributed by atoms with van der Waals surface area (Å²) in [6.07, 6.45) is 2.38. The maximum atomic E-state index is 13.8. The van der Waals surface area contributed by atoms with Crippen LogP contribution in [-0.2, 0) is 22.6 Å². The molecule has 0 saturated carbocycles. The topological polar surface area (TPSA) is 156 Å². The van der Waals surface area contributed by atoms with Crippen molar-refractivity contribution in [2.75, 3.05) is 12.5 Å². The largest absolute Gasteiger partial charge is 0.508 e. The van der Waals surface area contributed by atoms with Crippen LogP contribution in [-0.4, -0.2) is 39.8 Å². The summed E-state index contributed by atoms with van der Waals surface area (Å²) in [6.45, 7) is 0.380. The Kier molecular flexibility index (Phi) is 8.19. The predicted octanol–water partition coefficient (Wildman–Crippen LogP) is 3.37. The summed E-state index contributed by atoms with van der Waals surface area (Å²) < 4.78 is 10.8. The number of aromatic hydroxyl groups is 2. The Morgan fingerprint density at radius 1 is 0.829 bits per heavy atom. The highest BCUT2D eigenvalue weighted by atomic mass is 16.7. The van der Waals surface area contributed by atoms with E-state index in [1.807, 2.05) is 18.2 Å². The average Bonchev–Trinajstić information content (AvgIpc) is 3.44. The van der Waals surface area contributed by atoms with Crippen LogP contribution in [0.4, 0.5) is 5.82 Å². The Morgan fingerprint density at radius 2 is 1.49 bits per heavy atom. The van der Waals surface area contributed by atoms with Crippen molar-refractivity contribution in [3.63, 3.8) is 0 Å². The number of pyridine rings is 1. The Bertz CT molecular complexity index is 1480. The SMILES string of the molecule is Nc1cc(CCC(NC(=O)C(c2ccc(O)cc2)c2ccc(O)cc2)C(=O)NCc2ccc3c(c2)OCO3)ccn1. The molecule has 2 amide bonds. The molecule has 5 rings (SSSR count). The number of phenols is 2. The molecule has 3 aromatic carbocycles. The van der Waals surface area contributed by atoms with E-state index in [1.165, 1.54) is 24.3 Å². The van der Waals surface area contributed by atoms with Crippen molar-refractivity contribution in [1.29, 1.82) is 0 Å². The van der Waals surface area contributed by atoms with E-state index < -0.39 is 17.9 Å². The third-order valence-corrected chi connectivity index (χ3v) is 6.82. The average molecular weight is 555 g/mol. The monoisotopic (exact) mass is 554 g/mol. The van der Waals surface area contributed by atoms with Crippen molar-refractivity contribution >= 4 is 17.6 Å². The van der Waals surface area contributed by atoms with Crippen LogP contribution in [0.5, 0.6) is 23.0 Å². The van der Waals surface area contributed by atoms with E-state index >= 15 is 0 Å². The highest BCUT2D eigenvalue weighted by Gasteiger charge is 2.28. The second-order valence-electron chi connectivity index (χ2n) is 9.71. The summed E-state index contributed by atoms with van der Waals surface area (Å²) in [7, 11) is 0. The zero-order valence-electron chi connectivity index (χ0n) is 22.1. The summed E-state index contributed by atoms with van der Waals surface area (Å²) in [4.78, 5) is 31.3. The van der Waals surface area contributed by atoms with Crippen LogP contribution in [0.25, 0.3) is 0 Å². The lowest BCUT2D eigenvalue weighted by atomic mass is 9.89. The lowest BCUT2D eigenvalue weighted by Gasteiger charge is -2.23. The molecule has 10 heteroatoms. The van der Waals surface area contributed by atoms with Gasteiger partial charge in [0, 0.05) is 12.7 Å². The lowest BCUT2D eigenvalue weighted by molar-refractivity contribution is -0.129. The Morgan fingerprint density at radius 3 is 2.15 bits per heavy atom. The number of hydrogen-bond acceptors (Lipinski definition) is 8. The van der Waals surface area contributed by atoms with Gasteiger partial charge in [0.15, 0.2) is 11.5 Å². The third kappa shape index (κ3) is 6.85. The van der Waals surface area contributed by atoms with Gasteiger partial charge < -0.3 is 36.1 Å². The number of fused-ring (bicyclic) bond motifs is 1. The van der Waals surface area contributed by atoms with Gasteiger partial charge in [0.1, 0.15) is 23.4 Å². The minimum atomic E-state index is -0.873.